The number of halogens is 3. The van der Waals surface area contributed by atoms with E-state index < -0.39 is 6.36 Å². The Morgan fingerprint density at radius 3 is 2.39 bits per heavy atom. The maximum atomic E-state index is 13.2. The van der Waals surface area contributed by atoms with E-state index in [-0.39, 0.29) is 35.2 Å². The molecule has 2 aromatic rings. The number of carbonyl (C=O) groups excluding carboxylic acids is 1. The summed E-state index contributed by atoms with van der Waals surface area (Å²) in [7, 11) is 1.45. The molecular formula is C33H40F3NO4. The van der Waals surface area contributed by atoms with Crippen LogP contribution in [0.1, 0.15) is 98.9 Å². The number of hydrogen-bond acceptors (Lipinski definition) is 5. The van der Waals surface area contributed by atoms with Gasteiger partial charge in [-0.15, -0.1) is 13.2 Å². The monoisotopic (exact) mass is 571 g/mol. The van der Waals surface area contributed by atoms with Gasteiger partial charge in [0.2, 0.25) is 0 Å². The molecular weight excluding hydrogens is 531 g/mol. The summed E-state index contributed by atoms with van der Waals surface area (Å²) in [4.78, 5) is 14.7. The number of likely N-dealkylation sites (tertiary alicyclic amines) is 1. The third-order valence-electron chi connectivity index (χ3n) is 9.91. The van der Waals surface area contributed by atoms with Gasteiger partial charge in [-0.2, -0.15) is 0 Å². The van der Waals surface area contributed by atoms with Crippen LogP contribution in [0, 0.1) is 11.8 Å². The number of aryl methyl sites for hydroxylation is 1. The van der Waals surface area contributed by atoms with Gasteiger partial charge in [0.1, 0.15) is 17.1 Å². The molecule has 1 spiro atoms. The van der Waals surface area contributed by atoms with Crippen molar-refractivity contribution in [2.24, 2.45) is 11.8 Å². The Labute approximate surface area is 240 Å². The minimum atomic E-state index is -4.73. The zero-order valence-corrected chi connectivity index (χ0v) is 24.1. The number of hydrogen-bond donors (Lipinski definition) is 0. The molecule has 0 amide bonds. The zero-order valence-electron chi connectivity index (χ0n) is 24.1. The molecule has 6 rings (SSSR count). The van der Waals surface area contributed by atoms with Gasteiger partial charge in [0.05, 0.1) is 13.0 Å². The molecule has 2 aromatic carbocycles. The van der Waals surface area contributed by atoms with Gasteiger partial charge in [0.25, 0.3) is 0 Å². The molecule has 1 saturated heterocycles. The van der Waals surface area contributed by atoms with Crippen LogP contribution in [0.2, 0.25) is 0 Å². The van der Waals surface area contributed by atoms with Gasteiger partial charge < -0.3 is 14.2 Å². The third kappa shape index (κ3) is 6.08. The molecule has 2 heterocycles. The van der Waals surface area contributed by atoms with Crippen LogP contribution >= 0.6 is 0 Å². The second kappa shape index (κ2) is 10.8. The molecule has 41 heavy (non-hydrogen) atoms. The van der Waals surface area contributed by atoms with Crippen molar-refractivity contribution in [3.05, 3.63) is 58.7 Å². The van der Waals surface area contributed by atoms with Gasteiger partial charge in [-0.1, -0.05) is 31.2 Å². The van der Waals surface area contributed by atoms with Crippen LogP contribution in [0.5, 0.6) is 11.5 Å². The largest absolute Gasteiger partial charge is 0.573 e. The van der Waals surface area contributed by atoms with Crippen LogP contribution in [-0.2, 0) is 16.0 Å². The van der Waals surface area contributed by atoms with E-state index in [1.54, 1.807) is 6.07 Å². The first-order valence-electron chi connectivity index (χ1n) is 15.1. The first-order valence-corrected chi connectivity index (χ1v) is 15.1. The number of methoxy groups -OCH3 is 1. The van der Waals surface area contributed by atoms with Crippen LogP contribution in [-0.4, -0.2) is 43.0 Å². The van der Waals surface area contributed by atoms with E-state index in [1.165, 1.54) is 18.7 Å². The van der Waals surface area contributed by atoms with Crippen molar-refractivity contribution >= 4 is 5.97 Å². The predicted molar refractivity (Wildman–Crippen MR) is 149 cm³/mol. The minimum absolute atomic E-state index is 0.101. The van der Waals surface area contributed by atoms with Gasteiger partial charge in [-0.25, -0.2) is 0 Å². The summed E-state index contributed by atoms with van der Waals surface area (Å²) >= 11 is 0. The molecule has 3 unspecified atom stereocenters. The Bertz CT molecular complexity index is 1280. The molecule has 2 saturated carbocycles. The molecule has 3 atom stereocenters. The molecule has 5 nitrogen and oxygen atoms in total. The number of carbonyl (C=O) groups is 1. The predicted octanol–water partition coefficient (Wildman–Crippen LogP) is 7.69. The molecule has 222 valence electrons. The fraction of sp³-hybridized carbons (Fsp3) is 0.606. The summed E-state index contributed by atoms with van der Waals surface area (Å²) in [6.07, 6.45) is 3.17. The van der Waals surface area contributed by atoms with E-state index in [2.05, 4.69) is 27.8 Å². The summed E-state index contributed by atoms with van der Waals surface area (Å²) in [5.74, 6) is 1.49. The Kier molecular flexibility index (Phi) is 7.50. The number of benzene rings is 2. The van der Waals surface area contributed by atoms with Crippen molar-refractivity contribution < 1.29 is 32.2 Å². The van der Waals surface area contributed by atoms with Gasteiger partial charge in [0, 0.05) is 24.7 Å². The van der Waals surface area contributed by atoms with E-state index in [0.717, 1.165) is 81.3 Å². The number of ether oxygens (including phenoxy) is 3. The summed E-state index contributed by atoms with van der Waals surface area (Å²) in [6, 6.07) is 11.5. The zero-order chi connectivity index (χ0) is 28.9. The maximum absolute atomic E-state index is 13.2. The SMILES string of the molecule is COC(=O)C(C)C(c1ccc2c(c1)OC1(CC2)CCN(C(C)c2cc(C3CC3)ccc2OC(F)(F)F)CC1)C1CC1. The Balaban J connectivity index is 1.17. The topological polar surface area (TPSA) is 48.0 Å². The molecule has 2 aliphatic carbocycles. The average Bonchev–Trinajstić information content (AvgIpc) is 3.87. The van der Waals surface area contributed by atoms with Crippen molar-refractivity contribution in [2.45, 2.75) is 95.1 Å². The van der Waals surface area contributed by atoms with Crippen molar-refractivity contribution in [3.63, 3.8) is 0 Å². The number of alkyl halides is 3. The molecule has 4 aliphatic rings. The molecule has 2 aliphatic heterocycles. The number of piperidine rings is 1. The van der Waals surface area contributed by atoms with Crippen molar-refractivity contribution in [1.29, 1.82) is 0 Å². The van der Waals surface area contributed by atoms with Crippen LogP contribution in [0.25, 0.3) is 0 Å². The lowest BCUT2D eigenvalue weighted by molar-refractivity contribution is -0.275. The van der Waals surface area contributed by atoms with Crippen LogP contribution in [0.3, 0.4) is 0 Å². The second-order valence-corrected chi connectivity index (χ2v) is 12.7. The van der Waals surface area contributed by atoms with E-state index in [4.69, 9.17) is 9.47 Å². The quantitative estimate of drug-likeness (QED) is 0.304. The second-order valence-electron chi connectivity index (χ2n) is 12.7. The summed E-state index contributed by atoms with van der Waals surface area (Å²) in [5, 5.41) is 0. The van der Waals surface area contributed by atoms with Gasteiger partial charge >= 0.3 is 12.3 Å². The van der Waals surface area contributed by atoms with E-state index in [9.17, 15) is 18.0 Å². The highest BCUT2D eigenvalue weighted by Crippen LogP contribution is 2.49. The summed E-state index contributed by atoms with van der Waals surface area (Å²) in [6.45, 7) is 5.41. The van der Waals surface area contributed by atoms with Crippen LogP contribution in [0.15, 0.2) is 36.4 Å². The first-order chi connectivity index (χ1) is 19.6. The van der Waals surface area contributed by atoms with Crippen molar-refractivity contribution in [1.82, 2.24) is 4.90 Å². The van der Waals surface area contributed by atoms with E-state index in [1.807, 2.05) is 19.9 Å². The minimum Gasteiger partial charge on any atom is -0.487 e. The highest BCUT2D eigenvalue weighted by atomic mass is 19.4. The van der Waals surface area contributed by atoms with Gasteiger partial charge in [-0.3, -0.25) is 9.69 Å². The highest BCUT2D eigenvalue weighted by molar-refractivity contribution is 5.73. The molecule has 0 aromatic heterocycles. The van der Waals surface area contributed by atoms with Crippen LogP contribution in [0.4, 0.5) is 13.2 Å². The number of esters is 1. The van der Waals surface area contributed by atoms with Crippen LogP contribution < -0.4 is 9.47 Å². The van der Waals surface area contributed by atoms with Gasteiger partial charge in [0.15, 0.2) is 0 Å². The smallest absolute Gasteiger partial charge is 0.487 e. The lowest BCUT2D eigenvalue weighted by Crippen LogP contribution is -2.50. The number of nitrogens with zero attached hydrogens (tertiary/aromatic N) is 1. The average molecular weight is 572 g/mol. The fourth-order valence-electron chi connectivity index (χ4n) is 7.13. The lowest BCUT2D eigenvalue weighted by atomic mass is 9.80. The van der Waals surface area contributed by atoms with Crippen molar-refractivity contribution in [2.75, 3.05) is 20.2 Å². The Morgan fingerprint density at radius 1 is 1.02 bits per heavy atom. The summed E-state index contributed by atoms with van der Waals surface area (Å²) < 4.78 is 55.9. The standard InChI is InChI=1S/C33H40F3NO4/c1-20(31(38)39-3)30(24-7-8-24)26-9-6-23-12-13-32(40-29(23)19-26)14-16-37(17-15-32)21(2)27-18-25(22-4-5-22)10-11-28(27)41-33(34,35)36/h6,9-11,18-22,24,30H,4-5,7-8,12-17H2,1-3H3. The molecule has 8 heteroatoms. The summed E-state index contributed by atoms with van der Waals surface area (Å²) in [5.41, 5.74) is 3.75. The molecule has 0 bridgehead atoms. The van der Waals surface area contributed by atoms with Gasteiger partial charge in [-0.05, 0) is 105 Å². The lowest BCUT2D eigenvalue weighted by Gasteiger charge is -2.46. The highest BCUT2D eigenvalue weighted by Gasteiger charge is 2.43. The molecule has 3 fully saturated rings. The Hall–Kier alpha value is -2.74. The number of fused-ring (bicyclic) bond motifs is 1. The Morgan fingerprint density at radius 2 is 1.76 bits per heavy atom. The van der Waals surface area contributed by atoms with E-state index >= 15 is 0 Å². The molecule has 0 N–H and O–H groups in total. The van der Waals surface area contributed by atoms with Crippen molar-refractivity contribution in [3.8, 4) is 11.5 Å². The third-order valence-corrected chi connectivity index (χ3v) is 9.91. The fourth-order valence-corrected chi connectivity index (χ4v) is 7.13. The maximum Gasteiger partial charge on any atom is 0.573 e. The first kappa shape index (κ1) is 28.4. The van der Waals surface area contributed by atoms with E-state index in [0.29, 0.717) is 17.4 Å². The number of rotatable bonds is 8. The molecule has 0 radical (unpaired) electrons. The normalized spacial score (nSPS) is 22.8.